The maximum atomic E-state index is 12.9. The average Bonchev–Trinajstić information content (AvgIpc) is 2.87. The second-order valence-electron chi connectivity index (χ2n) is 10.2. The first-order valence-corrected chi connectivity index (χ1v) is 12.2. The van der Waals surface area contributed by atoms with E-state index in [1.807, 2.05) is 50.0 Å². The van der Waals surface area contributed by atoms with Crippen molar-refractivity contribution in [2.45, 2.75) is 32.7 Å². The Morgan fingerprint density at radius 1 is 1.18 bits per heavy atom. The van der Waals surface area contributed by atoms with Gasteiger partial charge >= 0.3 is 5.97 Å². The molecule has 0 bridgehead atoms. The molecule has 1 aromatic carbocycles. The number of aromatic nitrogens is 2. The van der Waals surface area contributed by atoms with Crippen LogP contribution in [0.5, 0.6) is 11.5 Å². The summed E-state index contributed by atoms with van der Waals surface area (Å²) in [7, 11) is 3.09. The predicted octanol–water partition coefficient (Wildman–Crippen LogP) is 2.94. The Kier molecular flexibility index (Phi) is 7.36. The van der Waals surface area contributed by atoms with Gasteiger partial charge in [-0.2, -0.15) is 4.98 Å². The van der Waals surface area contributed by atoms with Crippen molar-refractivity contribution in [3.8, 4) is 23.3 Å². The number of allylic oxidation sites excluding steroid dienone is 3. The summed E-state index contributed by atoms with van der Waals surface area (Å²) in [4.78, 5) is 34.5. The van der Waals surface area contributed by atoms with E-state index in [9.17, 15) is 14.7 Å². The van der Waals surface area contributed by atoms with Crippen molar-refractivity contribution in [1.29, 1.82) is 0 Å². The fraction of sp³-hybridized carbons (Fsp3) is 0.310. The summed E-state index contributed by atoms with van der Waals surface area (Å²) in [6, 6.07) is 3.73. The minimum absolute atomic E-state index is 0.103. The number of hydrogen-bond donors (Lipinski definition) is 3. The molecule has 0 saturated carbocycles. The number of ether oxygens (including phenoxy) is 2. The molecule has 2 aromatic rings. The maximum Gasteiger partial charge on any atom is 0.340 e. The first-order chi connectivity index (χ1) is 18.4. The molecule has 2 heterocycles. The lowest BCUT2D eigenvalue weighted by atomic mass is 9.82. The van der Waals surface area contributed by atoms with E-state index in [-0.39, 0.29) is 17.4 Å². The Morgan fingerprint density at radius 3 is 2.54 bits per heavy atom. The summed E-state index contributed by atoms with van der Waals surface area (Å²) >= 11 is 0. The van der Waals surface area contributed by atoms with Crippen molar-refractivity contribution in [3.63, 3.8) is 0 Å². The van der Waals surface area contributed by atoms with Crippen LogP contribution in [0.1, 0.15) is 37.5 Å². The zero-order valence-electron chi connectivity index (χ0n) is 22.5. The molecule has 10 nitrogen and oxygen atoms in total. The van der Waals surface area contributed by atoms with E-state index in [2.05, 4.69) is 21.8 Å². The summed E-state index contributed by atoms with van der Waals surface area (Å²) in [6.07, 6.45) is 8.87. The highest BCUT2D eigenvalue weighted by Gasteiger charge is 2.40. The molecule has 4 rings (SSSR count). The van der Waals surface area contributed by atoms with E-state index in [1.54, 1.807) is 26.5 Å². The quantitative estimate of drug-likeness (QED) is 0.299. The summed E-state index contributed by atoms with van der Waals surface area (Å²) in [5.41, 5.74) is 13.8. The zero-order valence-corrected chi connectivity index (χ0v) is 22.5. The van der Waals surface area contributed by atoms with Gasteiger partial charge in [0.2, 0.25) is 5.95 Å². The molecule has 0 saturated heterocycles. The number of nitrogens with two attached hydrogens (primary N) is 2. The van der Waals surface area contributed by atoms with E-state index >= 15 is 0 Å². The molecule has 2 atom stereocenters. The van der Waals surface area contributed by atoms with Gasteiger partial charge in [-0.3, -0.25) is 4.79 Å². The predicted molar refractivity (Wildman–Crippen MR) is 147 cm³/mol. The van der Waals surface area contributed by atoms with Gasteiger partial charge in [0.25, 0.3) is 0 Å². The number of aliphatic carboxylic acids is 1. The van der Waals surface area contributed by atoms with Gasteiger partial charge in [-0.15, -0.1) is 0 Å². The third-order valence-corrected chi connectivity index (χ3v) is 6.44. The van der Waals surface area contributed by atoms with E-state index in [0.29, 0.717) is 40.6 Å². The molecule has 0 fully saturated rings. The highest BCUT2D eigenvalue weighted by molar-refractivity contribution is 6.19. The van der Waals surface area contributed by atoms with Gasteiger partial charge in [0.15, 0.2) is 17.3 Å². The van der Waals surface area contributed by atoms with Crippen LogP contribution in [-0.4, -0.2) is 51.5 Å². The van der Waals surface area contributed by atoms with Crippen LogP contribution in [0.25, 0.3) is 0 Å². The standard InChI is InChI=1S/C29H31N5O5/c1-29(2,3)34-15-21(27(36)37)24(35)20-9-7-16(12-22(20)34)6-8-18-10-17(13-23(38-4)25(18)39-5)11-19-14-32-28(31)33-26(19)30/h7,9-10,12-16,20H,11H2,1-5H3,(H,36,37)(H4,30,31,32,33). The molecule has 1 aromatic heterocycles. The number of nitrogen functional groups attached to an aromatic ring is 2. The van der Waals surface area contributed by atoms with Crippen LogP contribution in [0.3, 0.4) is 0 Å². The largest absolute Gasteiger partial charge is 0.493 e. The molecular weight excluding hydrogens is 498 g/mol. The lowest BCUT2D eigenvalue weighted by Crippen LogP contribution is -2.45. The number of carbonyl (C=O) groups is 2. The number of hydrogen-bond acceptors (Lipinski definition) is 9. The molecule has 2 unspecified atom stereocenters. The van der Waals surface area contributed by atoms with Crippen molar-refractivity contribution >= 4 is 23.5 Å². The van der Waals surface area contributed by atoms with Crippen LogP contribution in [0.15, 0.2) is 54.0 Å². The molecule has 1 aliphatic carbocycles. The number of carboxylic acid groups (broad SMARTS) is 1. The van der Waals surface area contributed by atoms with Crippen LogP contribution in [0.2, 0.25) is 0 Å². The number of fused-ring (bicyclic) bond motifs is 1. The second kappa shape index (κ2) is 10.5. The van der Waals surface area contributed by atoms with Gasteiger partial charge in [0.05, 0.1) is 31.6 Å². The Balaban J connectivity index is 1.72. The van der Waals surface area contributed by atoms with Gasteiger partial charge < -0.3 is 30.9 Å². The van der Waals surface area contributed by atoms with Crippen LogP contribution >= 0.6 is 0 Å². The Hall–Kier alpha value is -4.78. The van der Waals surface area contributed by atoms with Crippen molar-refractivity contribution < 1.29 is 24.2 Å². The topological polar surface area (TPSA) is 154 Å². The third-order valence-electron chi connectivity index (χ3n) is 6.44. The maximum absolute atomic E-state index is 12.9. The van der Waals surface area contributed by atoms with Gasteiger partial charge in [-0.1, -0.05) is 24.0 Å². The molecule has 10 heteroatoms. The number of benzene rings is 1. The van der Waals surface area contributed by atoms with Gasteiger partial charge in [0, 0.05) is 35.6 Å². The van der Waals surface area contributed by atoms with Crippen LogP contribution < -0.4 is 20.9 Å². The van der Waals surface area contributed by atoms with E-state index < -0.39 is 23.2 Å². The summed E-state index contributed by atoms with van der Waals surface area (Å²) < 4.78 is 11.2. The highest BCUT2D eigenvalue weighted by atomic mass is 16.5. The Labute approximate surface area is 227 Å². The molecular formula is C29H31N5O5. The lowest BCUT2D eigenvalue weighted by Gasteiger charge is -2.42. The molecule has 0 amide bonds. The van der Waals surface area contributed by atoms with Crippen molar-refractivity contribution in [3.05, 3.63) is 70.7 Å². The number of Topliss-reactive ketones (excluding diaryl/α,β-unsaturated/α-hetero) is 1. The van der Waals surface area contributed by atoms with Crippen molar-refractivity contribution in [1.82, 2.24) is 14.9 Å². The minimum atomic E-state index is -1.24. The summed E-state index contributed by atoms with van der Waals surface area (Å²) in [6.45, 7) is 5.87. The number of carbonyl (C=O) groups excluding carboxylic acids is 1. The van der Waals surface area contributed by atoms with Gasteiger partial charge in [0.1, 0.15) is 11.4 Å². The van der Waals surface area contributed by atoms with Crippen molar-refractivity contribution in [2.24, 2.45) is 11.8 Å². The monoisotopic (exact) mass is 529 g/mol. The molecule has 2 aliphatic rings. The second-order valence-corrected chi connectivity index (χ2v) is 10.2. The Bertz CT molecular complexity index is 1490. The van der Waals surface area contributed by atoms with Crippen LogP contribution in [0, 0.1) is 23.7 Å². The average molecular weight is 530 g/mol. The fourth-order valence-corrected chi connectivity index (χ4v) is 4.56. The molecule has 202 valence electrons. The number of rotatable bonds is 5. The van der Waals surface area contributed by atoms with Gasteiger partial charge in [-0.25, -0.2) is 9.78 Å². The third kappa shape index (κ3) is 5.57. The SMILES string of the molecule is COc1cc(Cc2cnc(N)nc2N)cc(C#CC2C=CC3C(=O)C(C(=O)O)=CN(C(C)(C)C)C3=C2)c1OC. The number of methoxy groups -OCH3 is 2. The lowest BCUT2D eigenvalue weighted by molar-refractivity contribution is -0.135. The van der Waals surface area contributed by atoms with E-state index in [1.165, 1.54) is 6.20 Å². The fourth-order valence-electron chi connectivity index (χ4n) is 4.56. The van der Waals surface area contributed by atoms with Crippen molar-refractivity contribution in [2.75, 3.05) is 25.7 Å². The molecule has 1 aliphatic heterocycles. The smallest absolute Gasteiger partial charge is 0.340 e. The number of ketones is 1. The minimum Gasteiger partial charge on any atom is -0.493 e. The highest BCUT2D eigenvalue weighted by Crippen LogP contribution is 2.37. The number of carboxylic acids is 1. The van der Waals surface area contributed by atoms with Crippen LogP contribution in [-0.2, 0) is 16.0 Å². The Morgan fingerprint density at radius 2 is 1.92 bits per heavy atom. The normalized spacial score (nSPS) is 18.4. The molecule has 39 heavy (non-hydrogen) atoms. The summed E-state index contributed by atoms with van der Waals surface area (Å²) in [5, 5.41) is 9.56. The van der Waals surface area contributed by atoms with Gasteiger partial charge in [-0.05, 0) is 44.5 Å². The first-order valence-electron chi connectivity index (χ1n) is 12.2. The molecule has 0 spiro atoms. The number of anilines is 2. The number of nitrogens with zero attached hydrogens (tertiary/aromatic N) is 3. The van der Waals surface area contributed by atoms with Crippen LogP contribution in [0.4, 0.5) is 11.8 Å². The molecule has 5 N–H and O–H groups in total. The van der Waals surface area contributed by atoms with E-state index in [0.717, 1.165) is 5.56 Å². The summed E-state index contributed by atoms with van der Waals surface area (Å²) in [5.74, 6) is 5.15. The first kappa shape index (κ1) is 27.3. The van der Waals surface area contributed by atoms with E-state index in [4.69, 9.17) is 20.9 Å². The zero-order chi connectivity index (χ0) is 28.5. The molecule has 0 radical (unpaired) electrons.